The fraction of sp³-hybridized carbons (Fsp3) is 0.143. The molecule has 0 saturated heterocycles. The third kappa shape index (κ3) is 1.88. The van der Waals surface area contributed by atoms with Crippen LogP contribution in [0, 0.1) is 0 Å². The Labute approximate surface area is 109 Å². The maximum absolute atomic E-state index is 12.1. The number of rotatable bonds is 2. The van der Waals surface area contributed by atoms with E-state index in [0.29, 0.717) is 11.6 Å². The van der Waals surface area contributed by atoms with E-state index in [4.69, 9.17) is 5.73 Å². The molecule has 0 amide bonds. The molecule has 3 rings (SSSR count). The average molecular weight is 258 g/mol. The van der Waals surface area contributed by atoms with E-state index in [1.807, 2.05) is 36.4 Å². The first-order valence-corrected chi connectivity index (χ1v) is 7.13. The van der Waals surface area contributed by atoms with Gasteiger partial charge in [0.05, 0.1) is 27.3 Å². The van der Waals surface area contributed by atoms with Crippen molar-refractivity contribution in [2.45, 2.75) is 11.4 Å². The van der Waals surface area contributed by atoms with Crippen molar-refractivity contribution < 1.29 is 4.21 Å². The van der Waals surface area contributed by atoms with Crippen molar-refractivity contribution in [3.8, 4) is 0 Å². The first-order valence-electron chi connectivity index (χ1n) is 5.81. The van der Waals surface area contributed by atoms with Gasteiger partial charge in [-0.05, 0) is 17.7 Å². The minimum absolute atomic E-state index is 0.526. The highest BCUT2D eigenvalue weighted by molar-refractivity contribution is 7.85. The van der Waals surface area contributed by atoms with Gasteiger partial charge in [0.2, 0.25) is 0 Å². The molecule has 3 nitrogen and oxygen atoms in total. The molecule has 1 aliphatic rings. The average Bonchev–Trinajstić information content (AvgIpc) is 2.69. The normalized spacial score (nSPS) is 17.8. The molecular formula is C14H14N2OS. The van der Waals surface area contributed by atoms with Crippen LogP contribution in [0.3, 0.4) is 0 Å². The molecule has 18 heavy (non-hydrogen) atoms. The Balaban J connectivity index is 1.94. The fourth-order valence-corrected chi connectivity index (χ4v) is 3.65. The molecule has 2 aromatic rings. The molecular weight excluding hydrogens is 244 g/mol. The van der Waals surface area contributed by atoms with Crippen molar-refractivity contribution in [3.63, 3.8) is 0 Å². The Morgan fingerprint density at radius 3 is 2.67 bits per heavy atom. The first kappa shape index (κ1) is 11.3. The zero-order chi connectivity index (χ0) is 12.5. The van der Waals surface area contributed by atoms with Gasteiger partial charge in [0.25, 0.3) is 0 Å². The number of nitrogen functional groups attached to an aromatic ring is 1. The van der Waals surface area contributed by atoms with E-state index in [-0.39, 0.29) is 0 Å². The Morgan fingerprint density at radius 2 is 1.89 bits per heavy atom. The summed E-state index contributed by atoms with van der Waals surface area (Å²) < 4.78 is 12.1. The van der Waals surface area contributed by atoms with Crippen LogP contribution in [0.2, 0.25) is 0 Å². The molecule has 1 heterocycles. The lowest BCUT2D eigenvalue weighted by Gasteiger charge is -2.18. The van der Waals surface area contributed by atoms with Gasteiger partial charge in [0.15, 0.2) is 0 Å². The molecule has 0 aliphatic carbocycles. The lowest BCUT2D eigenvalue weighted by Crippen LogP contribution is -2.20. The number of fused-ring (bicyclic) bond motifs is 1. The highest BCUT2D eigenvalue weighted by Gasteiger charge is 2.27. The molecule has 0 fully saturated rings. The van der Waals surface area contributed by atoms with Gasteiger partial charge >= 0.3 is 0 Å². The summed E-state index contributed by atoms with van der Waals surface area (Å²) in [6.07, 6.45) is 0. The fourth-order valence-electron chi connectivity index (χ4n) is 2.25. The molecule has 0 saturated carbocycles. The third-order valence-corrected chi connectivity index (χ3v) is 4.53. The van der Waals surface area contributed by atoms with Crippen LogP contribution in [-0.2, 0) is 17.3 Å². The molecule has 2 N–H and O–H groups in total. The van der Waals surface area contributed by atoms with Crippen molar-refractivity contribution in [2.24, 2.45) is 0 Å². The van der Waals surface area contributed by atoms with Crippen LogP contribution in [0.25, 0.3) is 0 Å². The number of anilines is 2. The smallest absolute Gasteiger partial charge is 0.0990 e. The number of benzene rings is 2. The summed E-state index contributed by atoms with van der Waals surface area (Å²) in [5.41, 5.74) is 8.73. The Morgan fingerprint density at radius 1 is 1.11 bits per heavy atom. The van der Waals surface area contributed by atoms with E-state index in [1.165, 1.54) is 5.56 Å². The van der Waals surface area contributed by atoms with Crippen molar-refractivity contribution >= 4 is 22.2 Å². The van der Waals surface area contributed by atoms with Crippen LogP contribution in [0.5, 0.6) is 0 Å². The second kappa shape index (κ2) is 4.46. The van der Waals surface area contributed by atoms with Gasteiger partial charge < -0.3 is 10.6 Å². The van der Waals surface area contributed by atoms with Crippen molar-refractivity contribution in [3.05, 3.63) is 54.1 Å². The van der Waals surface area contributed by atoms with Crippen LogP contribution in [0.1, 0.15) is 5.56 Å². The van der Waals surface area contributed by atoms with Crippen LogP contribution < -0.4 is 10.6 Å². The second-order valence-corrected chi connectivity index (χ2v) is 5.71. The standard InChI is InChI=1S/C14H14N2OS/c15-12-7-4-8-13-14(12)18(17)10-16(13)9-11-5-2-1-3-6-11/h1-8H,9-10,15H2. The molecule has 0 radical (unpaired) electrons. The zero-order valence-electron chi connectivity index (χ0n) is 9.87. The number of hydrogen-bond donors (Lipinski definition) is 1. The van der Waals surface area contributed by atoms with E-state index >= 15 is 0 Å². The summed E-state index contributed by atoms with van der Waals surface area (Å²) in [5, 5.41) is 0. The second-order valence-electron chi connectivity index (χ2n) is 4.35. The molecule has 0 aromatic heterocycles. The van der Waals surface area contributed by atoms with Crippen LogP contribution in [0.15, 0.2) is 53.4 Å². The molecule has 4 heteroatoms. The maximum Gasteiger partial charge on any atom is 0.0990 e. The Bertz CT molecular complexity index is 598. The summed E-state index contributed by atoms with van der Waals surface area (Å²) in [7, 11) is -1.01. The number of hydrogen-bond acceptors (Lipinski definition) is 3. The van der Waals surface area contributed by atoms with Crippen LogP contribution >= 0.6 is 0 Å². The van der Waals surface area contributed by atoms with E-state index < -0.39 is 10.8 Å². The monoisotopic (exact) mass is 258 g/mol. The highest BCUT2D eigenvalue weighted by atomic mass is 32.2. The molecule has 1 aliphatic heterocycles. The summed E-state index contributed by atoms with van der Waals surface area (Å²) in [5.74, 6) is 0.526. The van der Waals surface area contributed by atoms with Gasteiger partial charge in [-0.3, -0.25) is 4.21 Å². The van der Waals surface area contributed by atoms with Gasteiger partial charge in [0.1, 0.15) is 0 Å². The van der Waals surface area contributed by atoms with Crippen molar-refractivity contribution in [2.75, 3.05) is 16.5 Å². The van der Waals surface area contributed by atoms with E-state index in [1.54, 1.807) is 0 Å². The van der Waals surface area contributed by atoms with E-state index in [2.05, 4.69) is 17.0 Å². The number of nitrogens with two attached hydrogens (primary N) is 1. The predicted octanol–water partition coefficient (Wildman–Crippen LogP) is 2.35. The van der Waals surface area contributed by atoms with Crippen molar-refractivity contribution in [1.29, 1.82) is 0 Å². The third-order valence-electron chi connectivity index (χ3n) is 3.08. The molecule has 0 bridgehead atoms. The van der Waals surface area contributed by atoms with Gasteiger partial charge in [0, 0.05) is 12.2 Å². The summed E-state index contributed by atoms with van der Waals surface area (Å²) >= 11 is 0. The topological polar surface area (TPSA) is 46.3 Å². The predicted molar refractivity (Wildman–Crippen MR) is 74.8 cm³/mol. The SMILES string of the molecule is Nc1cccc2c1S(=O)CN2Cc1ccccc1. The molecule has 0 spiro atoms. The van der Waals surface area contributed by atoms with E-state index in [0.717, 1.165) is 17.1 Å². The lowest BCUT2D eigenvalue weighted by molar-refractivity contribution is 0.684. The highest BCUT2D eigenvalue weighted by Crippen LogP contribution is 2.36. The van der Waals surface area contributed by atoms with Gasteiger partial charge in [-0.25, -0.2) is 0 Å². The minimum Gasteiger partial charge on any atom is -0.398 e. The van der Waals surface area contributed by atoms with Gasteiger partial charge in [-0.2, -0.15) is 0 Å². The summed E-state index contributed by atoms with van der Waals surface area (Å²) in [4.78, 5) is 2.91. The largest absolute Gasteiger partial charge is 0.398 e. The Kier molecular flexibility index (Phi) is 2.80. The zero-order valence-corrected chi connectivity index (χ0v) is 10.7. The van der Waals surface area contributed by atoms with Crippen LogP contribution in [-0.4, -0.2) is 10.1 Å². The van der Waals surface area contributed by atoms with Crippen molar-refractivity contribution in [1.82, 2.24) is 0 Å². The minimum atomic E-state index is -1.01. The quantitative estimate of drug-likeness (QED) is 0.841. The Hall–Kier alpha value is -1.81. The molecule has 1 atom stereocenters. The summed E-state index contributed by atoms with van der Waals surface area (Å²) in [6, 6.07) is 15.9. The van der Waals surface area contributed by atoms with Crippen LogP contribution in [0.4, 0.5) is 11.4 Å². The molecule has 92 valence electrons. The molecule has 2 aromatic carbocycles. The first-order chi connectivity index (χ1) is 8.75. The van der Waals surface area contributed by atoms with Gasteiger partial charge in [-0.1, -0.05) is 36.4 Å². The lowest BCUT2D eigenvalue weighted by atomic mass is 10.2. The number of nitrogens with zero attached hydrogens (tertiary/aromatic N) is 1. The summed E-state index contributed by atoms with van der Waals surface area (Å²) in [6.45, 7) is 0.767. The maximum atomic E-state index is 12.1. The van der Waals surface area contributed by atoms with E-state index in [9.17, 15) is 4.21 Å². The van der Waals surface area contributed by atoms with Gasteiger partial charge in [-0.15, -0.1) is 0 Å². The molecule has 1 unspecified atom stereocenters.